The predicted molar refractivity (Wildman–Crippen MR) is 61.5 cm³/mol. The summed E-state index contributed by atoms with van der Waals surface area (Å²) in [6.07, 6.45) is 2.08. The van der Waals surface area contributed by atoms with E-state index in [1.54, 1.807) is 0 Å². The maximum absolute atomic E-state index is 3.86. The van der Waals surface area contributed by atoms with E-state index in [-0.39, 0.29) is 0 Å². The average molecular weight is 199 g/mol. The summed E-state index contributed by atoms with van der Waals surface area (Å²) in [7, 11) is -2.00. The maximum atomic E-state index is 3.86. The number of nitrogens with zero attached hydrogens (tertiary/aromatic N) is 1. The summed E-state index contributed by atoms with van der Waals surface area (Å²) < 4.78 is 2.83. The van der Waals surface area contributed by atoms with E-state index >= 15 is 0 Å². The van der Waals surface area contributed by atoms with Crippen LogP contribution in [0.2, 0.25) is 38.3 Å². The lowest BCUT2D eigenvalue weighted by molar-refractivity contribution is 0.703. The number of hydrogen-bond acceptors (Lipinski definition) is 1. The Hall–Kier alpha value is 0.134. The molecule has 70 valence electrons. The van der Waals surface area contributed by atoms with Crippen LogP contribution in [0, 0.1) is 0 Å². The molecule has 0 saturated carbocycles. The van der Waals surface area contributed by atoms with Gasteiger partial charge in [-0.15, -0.1) is 6.58 Å². The summed E-state index contributed by atoms with van der Waals surface area (Å²) in [5.41, 5.74) is 0. The molecule has 1 aliphatic heterocycles. The third-order valence-corrected chi connectivity index (χ3v) is 13.5. The Morgan fingerprint density at radius 3 is 1.92 bits per heavy atom. The number of rotatable bonds is 2. The van der Waals surface area contributed by atoms with Crippen LogP contribution in [0.15, 0.2) is 12.7 Å². The Morgan fingerprint density at radius 2 is 1.58 bits per heavy atom. The Morgan fingerprint density at radius 1 is 1.17 bits per heavy atom. The zero-order valence-electron chi connectivity index (χ0n) is 8.85. The molecule has 0 radical (unpaired) electrons. The van der Waals surface area contributed by atoms with E-state index in [1.165, 1.54) is 12.1 Å². The highest BCUT2D eigenvalue weighted by Gasteiger charge is 2.46. The van der Waals surface area contributed by atoms with Crippen molar-refractivity contribution in [1.82, 2.24) is 4.23 Å². The first-order valence-corrected chi connectivity index (χ1v) is 11.1. The minimum atomic E-state index is -1.00. The molecule has 0 spiro atoms. The fourth-order valence-electron chi connectivity index (χ4n) is 2.32. The van der Waals surface area contributed by atoms with Gasteiger partial charge in [-0.3, -0.25) is 0 Å². The van der Waals surface area contributed by atoms with E-state index in [0.29, 0.717) is 0 Å². The monoisotopic (exact) mass is 199 g/mol. The van der Waals surface area contributed by atoms with Gasteiger partial charge in [-0.25, -0.2) is 0 Å². The summed E-state index contributed by atoms with van der Waals surface area (Å²) in [4.78, 5) is 0. The summed E-state index contributed by atoms with van der Waals surface area (Å²) in [6.45, 7) is 15.0. The lowest BCUT2D eigenvalue weighted by Crippen LogP contribution is -2.54. The van der Waals surface area contributed by atoms with Crippen LogP contribution in [-0.2, 0) is 0 Å². The zero-order chi connectivity index (χ0) is 9.41. The smallest absolute Gasteiger partial charge is 0.115 e. The zero-order valence-corrected chi connectivity index (χ0v) is 10.9. The molecular formula is C9H21NSi2. The summed E-state index contributed by atoms with van der Waals surface area (Å²) in [5.74, 6) is 0. The van der Waals surface area contributed by atoms with E-state index in [2.05, 4.69) is 43.1 Å². The van der Waals surface area contributed by atoms with Crippen LogP contribution in [0.1, 0.15) is 0 Å². The van der Waals surface area contributed by atoms with Gasteiger partial charge in [-0.1, -0.05) is 32.3 Å². The van der Waals surface area contributed by atoms with Crippen molar-refractivity contribution in [3.8, 4) is 0 Å². The molecule has 0 bridgehead atoms. The average Bonchev–Trinajstić information content (AvgIpc) is 2.13. The van der Waals surface area contributed by atoms with Gasteiger partial charge in [0.1, 0.15) is 16.5 Å². The molecule has 1 nitrogen and oxygen atoms in total. The summed E-state index contributed by atoms with van der Waals surface area (Å²) >= 11 is 0. The normalized spacial score (nSPS) is 27.3. The lowest BCUT2D eigenvalue weighted by atomic mass is 10.7. The van der Waals surface area contributed by atoms with Crippen molar-refractivity contribution in [2.75, 3.05) is 6.54 Å². The molecule has 0 atom stereocenters. The highest BCUT2D eigenvalue weighted by molar-refractivity contribution is 6.95. The Bertz CT molecular complexity index is 171. The van der Waals surface area contributed by atoms with Crippen molar-refractivity contribution in [3.63, 3.8) is 0 Å². The molecule has 0 aromatic carbocycles. The van der Waals surface area contributed by atoms with Crippen LogP contribution in [0.3, 0.4) is 0 Å². The molecule has 3 heteroatoms. The van der Waals surface area contributed by atoms with Gasteiger partial charge >= 0.3 is 0 Å². The maximum Gasteiger partial charge on any atom is 0.115 e. The van der Waals surface area contributed by atoms with E-state index in [4.69, 9.17) is 0 Å². The first-order valence-electron chi connectivity index (χ1n) is 4.79. The third kappa shape index (κ3) is 1.73. The van der Waals surface area contributed by atoms with Gasteiger partial charge in [0.25, 0.3) is 0 Å². The van der Waals surface area contributed by atoms with E-state index < -0.39 is 16.5 Å². The van der Waals surface area contributed by atoms with Crippen molar-refractivity contribution >= 4 is 16.5 Å². The topological polar surface area (TPSA) is 3.24 Å². The molecule has 1 fully saturated rings. The SMILES string of the molecule is C=CCN1[Si](C)(C)CC[Si]1(C)C. The predicted octanol–water partition coefficient (Wildman–Crippen LogP) is 2.90. The quantitative estimate of drug-likeness (QED) is 0.488. The highest BCUT2D eigenvalue weighted by Crippen LogP contribution is 2.36. The van der Waals surface area contributed by atoms with Crippen molar-refractivity contribution in [2.45, 2.75) is 38.3 Å². The van der Waals surface area contributed by atoms with E-state index in [0.717, 1.165) is 6.54 Å². The second-order valence-corrected chi connectivity index (χ2v) is 14.8. The molecule has 1 rings (SSSR count). The third-order valence-electron chi connectivity index (χ3n) is 3.12. The van der Waals surface area contributed by atoms with Crippen LogP contribution in [-0.4, -0.2) is 27.2 Å². The van der Waals surface area contributed by atoms with Crippen molar-refractivity contribution in [2.24, 2.45) is 0 Å². The Labute approximate surface area is 78.6 Å². The van der Waals surface area contributed by atoms with Crippen molar-refractivity contribution in [3.05, 3.63) is 12.7 Å². The van der Waals surface area contributed by atoms with Gasteiger partial charge in [0.2, 0.25) is 0 Å². The minimum absolute atomic E-state index is 1.00. The van der Waals surface area contributed by atoms with Gasteiger partial charge in [0.05, 0.1) is 0 Å². The summed E-state index contributed by atoms with van der Waals surface area (Å²) in [6, 6.07) is 3.00. The van der Waals surface area contributed by atoms with Crippen LogP contribution in [0.5, 0.6) is 0 Å². The molecule has 12 heavy (non-hydrogen) atoms. The van der Waals surface area contributed by atoms with Crippen LogP contribution < -0.4 is 0 Å². The largest absolute Gasteiger partial charge is 0.342 e. The fourth-order valence-corrected chi connectivity index (χ4v) is 16.2. The van der Waals surface area contributed by atoms with Crippen LogP contribution in [0.4, 0.5) is 0 Å². The van der Waals surface area contributed by atoms with Gasteiger partial charge in [0, 0.05) is 6.54 Å². The molecule has 0 aliphatic carbocycles. The molecule has 0 unspecified atom stereocenters. The van der Waals surface area contributed by atoms with Crippen molar-refractivity contribution in [1.29, 1.82) is 0 Å². The molecule has 1 saturated heterocycles. The van der Waals surface area contributed by atoms with Gasteiger partial charge < -0.3 is 4.23 Å². The van der Waals surface area contributed by atoms with Gasteiger partial charge in [0.15, 0.2) is 0 Å². The summed E-state index contributed by atoms with van der Waals surface area (Å²) in [5, 5.41) is 0. The molecule has 0 N–H and O–H groups in total. The molecule has 0 aromatic rings. The minimum Gasteiger partial charge on any atom is -0.342 e. The highest BCUT2D eigenvalue weighted by atomic mass is 28.4. The number of hydrogen-bond donors (Lipinski definition) is 0. The van der Waals surface area contributed by atoms with Crippen LogP contribution in [0.25, 0.3) is 0 Å². The molecule has 1 heterocycles. The Kier molecular flexibility index (Phi) is 2.66. The van der Waals surface area contributed by atoms with E-state index in [9.17, 15) is 0 Å². The first-order chi connectivity index (χ1) is 5.40. The van der Waals surface area contributed by atoms with Crippen molar-refractivity contribution < 1.29 is 0 Å². The van der Waals surface area contributed by atoms with Crippen LogP contribution >= 0.6 is 0 Å². The lowest BCUT2D eigenvalue weighted by Gasteiger charge is -2.37. The van der Waals surface area contributed by atoms with E-state index in [1.807, 2.05) is 0 Å². The fraction of sp³-hybridized carbons (Fsp3) is 0.778. The first kappa shape index (κ1) is 10.2. The second-order valence-electron chi connectivity index (χ2n) is 5.02. The van der Waals surface area contributed by atoms with Gasteiger partial charge in [-0.05, 0) is 12.1 Å². The standard InChI is InChI=1S/C9H21NSi2/c1-6-7-10-11(2,3)8-9-12(10,4)5/h6H,1,7-9H2,2-5H3. The molecule has 0 aromatic heterocycles. The molecule has 0 amide bonds. The van der Waals surface area contributed by atoms with Gasteiger partial charge in [-0.2, -0.15) is 0 Å². The second kappa shape index (κ2) is 3.12. The molecule has 1 aliphatic rings. The Balaban J connectivity index is 2.80. The molecular weight excluding hydrogens is 178 g/mol.